The van der Waals surface area contributed by atoms with E-state index in [4.69, 9.17) is 10.5 Å². The molecule has 1 amide bonds. The maximum Gasteiger partial charge on any atom is 0.305 e. The molecule has 190 valence electrons. The third-order valence-electron chi connectivity index (χ3n) is 6.32. The first-order valence-electron chi connectivity index (χ1n) is 14.1. The normalized spacial score (nSPS) is 11.0. The molecule has 0 aliphatic rings. The van der Waals surface area contributed by atoms with Gasteiger partial charge in [0, 0.05) is 12.8 Å². The van der Waals surface area contributed by atoms with Crippen molar-refractivity contribution in [3.8, 4) is 0 Å². The molecule has 0 rings (SSSR count). The minimum absolute atomic E-state index is 0.0420. The van der Waals surface area contributed by atoms with Crippen LogP contribution in [0.3, 0.4) is 0 Å². The number of carbonyl (C=O) groups excluding carboxylic acids is 2. The molecule has 0 unspecified atom stereocenters. The zero-order valence-electron chi connectivity index (χ0n) is 21.5. The molecule has 0 saturated carbocycles. The van der Waals surface area contributed by atoms with Crippen molar-refractivity contribution in [1.29, 1.82) is 0 Å². The quantitative estimate of drug-likeness (QED) is 0.106. The molecule has 0 aromatic carbocycles. The second kappa shape index (κ2) is 26.2. The molecule has 0 radical (unpaired) electrons. The van der Waals surface area contributed by atoms with Crippen molar-refractivity contribution < 1.29 is 14.3 Å². The number of hydrogen-bond donors (Lipinski definition) is 1. The first kappa shape index (κ1) is 30.9. The molecule has 0 atom stereocenters. The van der Waals surface area contributed by atoms with Crippen molar-refractivity contribution >= 4 is 11.9 Å². The van der Waals surface area contributed by atoms with Crippen molar-refractivity contribution in [3.63, 3.8) is 0 Å². The number of unbranched alkanes of at least 4 members (excludes halogenated alkanes) is 20. The van der Waals surface area contributed by atoms with Crippen LogP contribution >= 0.6 is 0 Å². The highest BCUT2D eigenvalue weighted by atomic mass is 16.5. The van der Waals surface area contributed by atoms with E-state index in [1.807, 2.05) is 0 Å². The van der Waals surface area contributed by atoms with Crippen LogP contribution in [-0.4, -0.2) is 18.5 Å². The van der Waals surface area contributed by atoms with Gasteiger partial charge < -0.3 is 10.5 Å². The van der Waals surface area contributed by atoms with Crippen LogP contribution in [0.1, 0.15) is 161 Å². The van der Waals surface area contributed by atoms with Gasteiger partial charge in [-0.25, -0.2) is 0 Å². The van der Waals surface area contributed by atoms with Crippen molar-refractivity contribution in [2.75, 3.05) is 6.61 Å². The van der Waals surface area contributed by atoms with Gasteiger partial charge in [-0.05, 0) is 19.3 Å². The van der Waals surface area contributed by atoms with Crippen LogP contribution in [0.5, 0.6) is 0 Å². The Morgan fingerprint density at radius 3 is 1.25 bits per heavy atom. The summed E-state index contributed by atoms with van der Waals surface area (Å²) in [6.07, 6.45) is 28.9. The van der Waals surface area contributed by atoms with Crippen LogP contribution in [0.4, 0.5) is 0 Å². The number of carbonyl (C=O) groups is 2. The molecule has 0 aliphatic carbocycles. The molecule has 4 nitrogen and oxygen atoms in total. The predicted molar refractivity (Wildman–Crippen MR) is 137 cm³/mol. The standard InChI is InChI=1S/C28H55NO3/c1-2-3-4-5-6-7-8-9-10-11-12-13-14-17-20-23-26-32-28(31)25-22-19-16-15-18-21-24-27(29)30/h2-26H2,1H3,(H2,29,30). The van der Waals surface area contributed by atoms with E-state index in [1.54, 1.807) is 0 Å². The van der Waals surface area contributed by atoms with E-state index in [9.17, 15) is 9.59 Å². The van der Waals surface area contributed by atoms with E-state index in [0.717, 1.165) is 44.9 Å². The van der Waals surface area contributed by atoms with Crippen LogP contribution in [-0.2, 0) is 14.3 Å². The molecule has 0 heterocycles. The van der Waals surface area contributed by atoms with E-state index in [0.29, 0.717) is 19.4 Å². The van der Waals surface area contributed by atoms with Crippen LogP contribution in [0, 0.1) is 0 Å². The number of amides is 1. The van der Waals surface area contributed by atoms with E-state index < -0.39 is 0 Å². The Balaban J connectivity index is 3.14. The summed E-state index contributed by atoms with van der Waals surface area (Å²) in [6, 6.07) is 0. The SMILES string of the molecule is CCCCCCCCCCCCCCCCCCOC(=O)CCCCCCCCC(N)=O. The van der Waals surface area contributed by atoms with Gasteiger partial charge in [-0.2, -0.15) is 0 Å². The average molecular weight is 454 g/mol. The first-order valence-corrected chi connectivity index (χ1v) is 14.1. The van der Waals surface area contributed by atoms with E-state index in [-0.39, 0.29) is 11.9 Å². The lowest BCUT2D eigenvalue weighted by Gasteiger charge is -2.06. The predicted octanol–water partition coefficient (Wildman–Crippen LogP) is 8.40. The second-order valence-electron chi connectivity index (χ2n) is 9.61. The molecule has 0 fully saturated rings. The van der Waals surface area contributed by atoms with Crippen molar-refractivity contribution in [2.45, 2.75) is 161 Å². The molecule has 0 spiro atoms. The number of esters is 1. The third kappa shape index (κ3) is 27.0. The van der Waals surface area contributed by atoms with Gasteiger partial charge in [-0.15, -0.1) is 0 Å². The van der Waals surface area contributed by atoms with Gasteiger partial charge in [0.05, 0.1) is 6.61 Å². The van der Waals surface area contributed by atoms with Gasteiger partial charge in [0.2, 0.25) is 5.91 Å². The lowest BCUT2D eigenvalue weighted by molar-refractivity contribution is -0.143. The van der Waals surface area contributed by atoms with Gasteiger partial charge in [0.15, 0.2) is 0 Å². The molecule has 0 saturated heterocycles. The molecule has 0 aliphatic heterocycles. The van der Waals surface area contributed by atoms with Crippen LogP contribution in [0.15, 0.2) is 0 Å². The third-order valence-corrected chi connectivity index (χ3v) is 6.32. The first-order chi connectivity index (χ1) is 15.7. The fraction of sp³-hybridized carbons (Fsp3) is 0.929. The summed E-state index contributed by atoms with van der Waals surface area (Å²) in [5.74, 6) is -0.253. The van der Waals surface area contributed by atoms with Crippen LogP contribution < -0.4 is 5.73 Å². The van der Waals surface area contributed by atoms with Gasteiger partial charge in [-0.1, -0.05) is 129 Å². The lowest BCUT2D eigenvalue weighted by Crippen LogP contribution is -2.09. The molecule has 32 heavy (non-hydrogen) atoms. The number of rotatable bonds is 26. The topological polar surface area (TPSA) is 69.4 Å². The number of nitrogens with two attached hydrogens (primary N) is 1. The zero-order valence-corrected chi connectivity index (χ0v) is 21.5. The van der Waals surface area contributed by atoms with E-state index in [1.165, 1.54) is 96.3 Å². The van der Waals surface area contributed by atoms with E-state index in [2.05, 4.69) is 6.92 Å². The highest BCUT2D eigenvalue weighted by Crippen LogP contribution is 2.14. The van der Waals surface area contributed by atoms with E-state index >= 15 is 0 Å². The molecular weight excluding hydrogens is 398 g/mol. The largest absolute Gasteiger partial charge is 0.466 e. The summed E-state index contributed by atoms with van der Waals surface area (Å²) in [7, 11) is 0. The summed E-state index contributed by atoms with van der Waals surface area (Å²) in [5, 5.41) is 0. The van der Waals surface area contributed by atoms with Crippen LogP contribution in [0.25, 0.3) is 0 Å². The highest BCUT2D eigenvalue weighted by Gasteiger charge is 2.03. The summed E-state index contributed by atoms with van der Waals surface area (Å²) in [6.45, 7) is 2.87. The lowest BCUT2D eigenvalue weighted by atomic mass is 10.0. The fourth-order valence-corrected chi connectivity index (χ4v) is 4.18. The Morgan fingerprint density at radius 2 is 0.844 bits per heavy atom. The molecule has 0 bridgehead atoms. The average Bonchev–Trinajstić information content (AvgIpc) is 2.77. The Bertz CT molecular complexity index is 411. The zero-order chi connectivity index (χ0) is 23.5. The number of primary amides is 1. The van der Waals surface area contributed by atoms with Gasteiger partial charge in [0.25, 0.3) is 0 Å². The maximum atomic E-state index is 11.7. The Morgan fingerprint density at radius 1 is 0.500 bits per heavy atom. The Labute approximate surface area is 199 Å². The Kier molecular flexibility index (Phi) is 25.3. The number of hydrogen-bond acceptors (Lipinski definition) is 3. The molecule has 0 aromatic heterocycles. The maximum absolute atomic E-state index is 11.7. The Hall–Kier alpha value is -1.06. The van der Waals surface area contributed by atoms with Crippen molar-refractivity contribution in [3.05, 3.63) is 0 Å². The molecular formula is C28H55NO3. The molecule has 0 aromatic rings. The molecule has 4 heteroatoms. The van der Waals surface area contributed by atoms with Crippen LogP contribution in [0.2, 0.25) is 0 Å². The fourth-order valence-electron chi connectivity index (χ4n) is 4.18. The second-order valence-corrected chi connectivity index (χ2v) is 9.61. The summed E-state index contributed by atoms with van der Waals surface area (Å²) < 4.78 is 5.34. The summed E-state index contributed by atoms with van der Waals surface area (Å²) in [5.41, 5.74) is 5.12. The summed E-state index contributed by atoms with van der Waals surface area (Å²) >= 11 is 0. The van der Waals surface area contributed by atoms with Gasteiger partial charge in [-0.3, -0.25) is 9.59 Å². The number of ether oxygens (including phenoxy) is 1. The smallest absolute Gasteiger partial charge is 0.305 e. The summed E-state index contributed by atoms with van der Waals surface area (Å²) in [4.78, 5) is 22.4. The van der Waals surface area contributed by atoms with Gasteiger partial charge >= 0.3 is 5.97 Å². The monoisotopic (exact) mass is 453 g/mol. The van der Waals surface area contributed by atoms with Crippen molar-refractivity contribution in [2.24, 2.45) is 5.73 Å². The van der Waals surface area contributed by atoms with Gasteiger partial charge in [0.1, 0.15) is 0 Å². The minimum Gasteiger partial charge on any atom is -0.466 e. The molecule has 2 N–H and O–H groups in total. The van der Waals surface area contributed by atoms with Crippen molar-refractivity contribution in [1.82, 2.24) is 0 Å². The minimum atomic E-state index is -0.211. The highest BCUT2D eigenvalue weighted by molar-refractivity contribution is 5.73.